The summed E-state index contributed by atoms with van der Waals surface area (Å²) in [5.74, 6) is 0. The van der Waals surface area contributed by atoms with Crippen LogP contribution < -0.4 is 5.73 Å². The zero-order valence-electron chi connectivity index (χ0n) is 11.9. The largest absolute Gasteiger partial charge is 0.326 e. The average Bonchev–Trinajstić information content (AvgIpc) is 2.83. The van der Waals surface area contributed by atoms with Crippen LogP contribution in [0.2, 0.25) is 0 Å². The molecule has 0 aromatic carbocycles. The van der Waals surface area contributed by atoms with Crippen molar-refractivity contribution < 1.29 is 8.42 Å². The van der Waals surface area contributed by atoms with Gasteiger partial charge in [-0.2, -0.15) is 4.31 Å². The first-order chi connectivity index (χ1) is 8.93. The molecule has 1 aromatic rings. The minimum Gasteiger partial charge on any atom is -0.326 e. The zero-order valence-corrected chi connectivity index (χ0v) is 13.6. The van der Waals surface area contributed by atoms with Crippen LogP contribution in [0, 0.1) is 0 Å². The molecule has 19 heavy (non-hydrogen) atoms. The molecule has 2 N–H and O–H groups in total. The van der Waals surface area contributed by atoms with E-state index in [1.807, 2.05) is 13.8 Å². The van der Waals surface area contributed by atoms with E-state index in [1.54, 1.807) is 16.4 Å². The SMILES string of the molecule is CCCCCN(C(C)C)S(=O)(=O)c1ccc(CN)s1. The molecule has 6 heteroatoms. The summed E-state index contributed by atoms with van der Waals surface area (Å²) in [6, 6.07) is 3.43. The lowest BCUT2D eigenvalue weighted by atomic mass is 10.2. The molecule has 0 aliphatic rings. The second kappa shape index (κ2) is 7.38. The number of thiophene rings is 1. The predicted molar refractivity (Wildman–Crippen MR) is 80.8 cm³/mol. The van der Waals surface area contributed by atoms with Gasteiger partial charge in [0.15, 0.2) is 0 Å². The zero-order chi connectivity index (χ0) is 14.5. The van der Waals surface area contributed by atoms with Gasteiger partial charge >= 0.3 is 0 Å². The van der Waals surface area contributed by atoms with Crippen molar-refractivity contribution in [2.75, 3.05) is 6.54 Å². The van der Waals surface area contributed by atoms with E-state index in [2.05, 4.69) is 6.92 Å². The van der Waals surface area contributed by atoms with Gasteiger partial charge in [-0.25, -0.2) is 8.42 Å². The Kier molecular flexibility index (Phi) is 6.46. The molecule has 0 fully saturated rings. The Balaban J connectivity index is 2.92. The lowest BCUT2D eigenvalue weighted by Crippen LogP contribution is -2.37. The van der Waals surface area contributed by atoms with E-state index in [1.165, 1.54) is 11.3 Å². The molecular weight excluding hydrogens is 280 g/mol. The third-order valence-electron chi connectivity index (χ3n) is 2.96. The summed E-state index contributed by atoms with van der Waals surface area (Å²) in [5, 5.41) is 0. The highest BCUT2D eigenvalue weighted by Gasteiger charge is 2.27. The summed E-state index contributed by atoms with van der Waals surface area (Å²) in [6.45, 7) is 6.92. The molecule has 1 aromatic heterocycles. The van der Waals surface area contributed by atoms with Crippen molar-refractivity contribution in [3.63, 3.8) is 0 Å². The highest BCUT2D eigenvalue weighted by molar-refractivity contribution is 7.91. The molecule has 0 saturated carbocycles. The summed E-state index contributed by atoms with van der Waals surface area (Å²) in [6.07, 6.45) is 3.04. The maximum Gasteiger partial charge on any atom is 0.252 e. The Morgan fingerprint density at radius 2 is 2.00 bits per heavy atom. The van der Waals surface area contributed by atoms with E-state index in [-0.39, 0.29) is 6.04 Å². The van der Waals surface area contributed by atoms with Gasteiger partial charge in [0.2, 0.25) is 0 Å². The van der Waals surface area contributed by atoms with Crippen molar-refractivity contribution in [1.82, 2.24) is 4.31 Å². The normalized spacial score (nSPS) is 12.5. The van der Waals surface area contributed by atoms with Gasteiger partial charge in [0, 0.05) is 24.0 Å². The smallest absolute Gasteiger partial charge is 0.252 e. The standard InChI is InChI=1S/C13H24N2O2S2/c1-4-5-6-9-15(11(2)3)19(16,17)13-8-7-12(10-14)18-13/h7-8,11H,4-6,9-10,14H2,1-3H3. The summed E-state index contributed by atoms with van der Waals surface area (Å²) < 4.78 is 27.2. The van der Waals surface area contributed by atoms with E-state index in [9.17, 15) is 8.42 Å². The molecular formula is C13H24N2O2S2. The Morgan fingerprint density at radius 3 is 2.47 bits per heavy atom. The number of hydrogen-bond acceptors (Lipinski definition) is 4. The number of hydrogen-bond donors (Lipinski definition) is 1. The monoisotopic (exact) mass is 304 g/mol. The molecule has 0 saturated heterocycles. The average molecular weight is 304 g/mol. The summed E-state index contributed by atoms with van der Waals surface area (Å²) in [7, 11) is -3.37. The van der Waals surface area contributed by atoms with Gasteiger partial charge in [0.25, 0.3) is 10.0 Å². The molecule has 0 atom stereocenters. The first-order valence-corrected chi connectivity index (χ1v) is 8.99. The number of rotatable bonds is 8. The molecule has 0 bridgehead atoms. The van der Waals surface area contributed by atoms with Gasteiger partial charge in [0.05, 0.1) is 0 Å². The first-order valence-electron chi connectivity index (χ1n) is 6.74. The second-order valence-electron chi connectivity index (χ2n) is 4.84. The minimum absolute atomic E-state index is 0.0229. The molecule has 0 spiro atoms. The van der Waals surface area contributed by atoms with E-state index >= 15 is 0 Å². The molecule has 0 radical (unpaired) electrons. The quantitative estimate of drug-likeness (QED) is 0.751. The molecule has 1 heterocycles. The maximum absolute atomic E-state index is 12.6. The maximum atomic E-state index is 12.6. The van der Waals surface area contributed by atoms with E-state index in [0.29, 0.717) is 17.3 Å². The Labute approximate surface area is 120 Å². The summed E-state index contributed by atoms with van der Waals surface area (Å²) in [5.41, 5.74) is 5.54. The third kappa shape index (κ3) is 4.27. The van der Waals surface area contributed by atoms with E-state index in [0.717, 1.165) is 24.1 Å². The van der Waals surface area contributed by atoms with Crippen LogP contribution in [0.3, 0.4) is 0 Å². The molecule has 0 amide bonds. The highest BCUT2D eigenvalue weighted by atomic mass is 32.2. The summed E-state index contributed by atoms with van der Waals surface area (Å²) in [4.78, 5) is 0.899. The molecule has 1 rings (SSSR count). The fourth-order valence-electron chi connectivity index (χ4n) is 1.90. The molecule has 4 nitrogen and oxygen atoms in total. The van der Waals surface area contributed by atoms with E-state index < -0.39 is 10.0 Å². The van der Waals surface area contributed by atoms with E-state index in [4.69, 9.17) is 5.73 Å². The number of nitrogens with two attached hydrogens (primary N) is 1. The fraction of sp³-hybridized carbons (Fsp3) is 0.692. The number of nitrogens with zero attached hydrogens (tertiary/aromatic N) is 1. The predicted octanol–water partition coefficient (Wildman–Crippen LogP) is 2.80. The van der Waals surface area contributed by atoms with Crippen molar-refractivity contribution in [2.45, 2.75) is 56.8 Å². The van der Waals surface area contributed by atoms with Gasteiger partial charge < -0.3 is 5.73 Å². The van der Waals surface area contributed by atoms with Crippen LogP contribution in [0.25, 0.3) is 0 Å². The Hall–Kier alpha value is -0.430. The fourth-order valence-corrected chi connectivity index (χ4v) is 4.93. The van der Waals surface area contributed by atoms with Crippen LogP contribution in [0.4, 0.5) is 0 Å². The molecule has 110 valence electrons. The van der Waals surface area contributed by atoms with Crippen molar-refractivity contribution in [3.8, 4) is 0 Å². The molecule has 0 unspecified atom stereocenters. The van der Waals surface area contributed by atoms with Crippen molar-refractivity contribution in [1.29, 1.82) is 0 Å². The summed E-state index contributed by atoms with van der Waals surface area (Å²) >= 11 is 1.27. The van der Waals surface area contributed by atoms with Crippen LogP contribution in [0.5, 0.6) is 0 Å². The van der Waals surface area contributed by atoms with Crippen molar-refractivity contribution in [3.05, 3.63) is 17.0 Å². The van der Waals surface area contributed by atoms with Gasteiger partial charge in [0.1, 0.15) is 4.21 Å². The van der Waals surface area contributed by atoms with Gasteiger partial charge in [-0.1, -0.05) is 19.8 Å². The van der Waals surface area contributed by atoms with Gasteiger partial charge in [-0.05, 0) is 32.4 Å². The highest BCUT2D eigenvalue weighted by Crippen LogP contribution is 2.26. The van der Waals surface area contributed by atoms with Crippen LogP contribution in [-0.2, 0) is 16.6 Å². The van der Waals surface area contributed by atoms with Crippen LogP contribution >= 0.6 is 11.3 Å². The molecule has 0 aliphatic carbocycles. The minimum atomic E-state index is -3.37. The molecule has 0 aliphatic heterocycles. The first kappa shape index (κ1) is 16.6. The topological polar surface area (TPSA) is 63.4 Å². The van der Waals surface area contributed by atoms with Gasteiger partial charge in [-0.3, -0.25) is 0 Å². The van der Waals surface area contributed by atoms with Crippen molar-refractivity contribution >= 4 is 21.4 Å². The van der Waals surface area contributed by atoms with Crippen LogP contribution in [-0.4, -0.2) is 25.3 Å². The number of sulfonamides is 1. The lowest BCUT2D eigenvalue weighted by molar-refractivity contribution is 0.346. The van der Waals surface area contributed by atoms with Crippen LogP contribution in [0.15, 0.2) is 16.3 Å². The van der Waals surface area contributed by atoms with Crippen LogP contribution in [0.1, 0.15) is 44.9 Å². The van der Waals surface area contributed by atoms with Gasteiger partial charge in [-0.15, -0.1) is 11.3 Å². The third-order valence-corrected chi connectivity index (χ3v) is 6.61. The Morgan fingerprint density at radius 1 is 1.32 bits per heavy atom. The number of unbranched alkanes of at least 4 members (excludes halogenated alkanes) is 2. The lowest BCUT2D eigenvalue weighted by Gasteiger charge is -2.25. The second-order valence-corrected chi connectivity index (χ2v) is 8.13. The Bertz CT molecular complexity index is 481. The van der Waals surface area contributed by atoms with Crippen molar-refractivity contribution in [2.24, 2.45) is 5.73 Å².